The highest BCUT2D eigenvalue weighted by Crippen LogP contribution is 2.21. The number of benzene rings is 1. The van der Waals surface area contributed by atoms with Crippen LogP contribution in [0.5, 0.6) is 0 Å². The average molecular weight is 345 g/mol. The van der Waals surface area contributed by atoms with E-state index in [9.17, 15) is 9.59 Å². The molecule has 2 fully saturated rings. The number of likely N-dealkylation sites (N-methyl/N-ethyl adjacent to an activating group) is 1. The first kappa shape index (κ1) is 17.7. The van der Waals surface area contributed by atoms with Crippen LogP contribution in [0.4, 0.5) is 10.5 Å². The molecule has 0 aromatic heterocycles. The third kappa shape index (κ3) is 4.51. The minimum absolute atomic E-state index is 0.00243. The summed E-state index contributed by atoms with van der Waals surface area (Å²) in [5, 5.41) is 2.89. The quantitative estimate of drug-likeness (QED) is 0.912. The number of nitrogens with one attached hydrogen (secondary N) is 1. The third-order valence-electron chi connectivity index (χ3n) is 4.89. The SMILES string of the molecule is CN(C[C@@H]1CCCO1)C(=O)Nc1ccccc1C(=O)N1CCCCC1. The maximum absolute atomic E-state index is 12.8. The van der Waals surface area contributed by atoms with Gasteiger partial charge in [0.1, 0.15) is 0 Å². The molecular weight excluding hydrogens is 318 g/mol. The second-order valence-corrected chi connectivity index (χ2v) is 6.84. The van der Waals surface area contributed by atoms with E-state index in [0.29, 0.717) is 17.8 Å². The number of ether oxygens (including phenoxy) is 1. The highest BCUT2D eigenvalue weighted by molar-refractivity contribution is 6.03. The normalized spacial score (nSPS) is 20.4. The first-order chi connectivity index (χ1) is 12.1. The lowest BCUT2D eigenvalue weighted by atomic mass is 10.1. The summed E-state index contributed by atoms with van der Waals surface area (Å²) in [5.74, 6) is -0.00243. The number of urea groups is 1. The predicted molar refractivity (Wildman–Crippen MR) is 96.8 cm³/mol. The molecule has 6 heteroatoms. The molecule has 1 aromatic carbocycles. The van der Waals surface area contributed by atoms with Gasteiger partial charge in [0.15, 0.2) is 0 Å². The second kappa shape index (κ2) is 8.34. The Bertz CT molecular complexity index is 608. The minimum atomic E-state index is -0.214. The summed E-state index contributed by atoms with van der Waals surface area (Å²) in [6.45, 7) is 2.92. The van der Waals surface area contributed by atoms with Crippen LogP contribution in [0.25, 0.3) is 0 Å². The van der Waals surface area contributed by atoms with Crippen molar-refractivity contribution >= 4 is 17.6 Å². The fraction of sp³-hybridized carbons (Fsp3) is 0.579. The Hall–Kier alpha value is -2.08. The molecule has 2 aliphatic heterocycles. The van der Waals surface area contributed by atoms with Gasteiger partial charge in [0, 0.05) is 33.3 Å². The molecule has 0 bridgehead atoms. The maximum atomic E-state index is 12.8. The Kier molecular flexibility index (Phi) is 5.91. The molecule has 0 aliphatic carbocycles. The smallest absolute Gasteiger partial charge is 0.321 e. The Morgan fingerprint density at radius 3 is 2.68 bits per heavy atom. The van der Waals surface area contributed by atoms with E-state index in [-0.39, 0.29) is 18.0 Å². The Morgan fingerprint density at radius 1 is 1.20 bits per heavy atom. The molecule has 1 N–H and O–H groups in total. The standard InChI is InChI=1S/C19H27N3O3/c1-21(14-15-8-7-13-25-15)19(24)20-17-10-4-3-9-16(17)18(23)22-11-5-2-6-12-22/h3-4,9-10,15H,2,5-8,11-14H2,1H3,(H,20,24)/t15-/m0/s1. The van der Waals surface area contributed by atoms with Crippen molar-refractivity contribution in [1.29, 1.82) is 0 Å². The van der Waals surface area contributed by atoms with E-state index in [4.69, 9.17) is 4.74 Å². The number of hydrogen-bond donors (Lipinski definition) is 1. The summed E-state index contributed by atoms with van der Waals surface area (Å²) >= 11 is 0. The van der Waals surface area contributed by atoms with Crippen LogP contribution in [0, 0.1) is 0 Å². The van der Waals surface area contributed by atoms with E-state index in [1.165, 1.54) is 6.42 Å². The molecule has 0 unspecified atom stereocenters. The number of carbonyl (C=O) groups excluding carboxylic acids is 2. The van der Waals surface area contributed by atoms with Gasteiger partial charge in [-0.25, -0.2) is 4.79 Å². The number of nitrogens with zero attached hydrogens (tertiary/aromatic N) is 2. The molecule has 1 aromatic rings. The van der Waals surface area contributed by atoms with Gasteiger partial charge in [-0.15, -0.1) is 0 Å². The summed E-state index contributed by atoms with van der Waals surface area (Å²) in [5.41, 5.74) is 1.13. The lowest BCUT2D eigenvalue weighted by Crippen LogP contribution is -2.38. The number of carbonyl (C=O) groups is 2. The van der Waals surface area contributed by atoms with Crippen LogP contribution in [0.1, 0.15) is 42.5 Å². The number of rotatable bonds is 4. The number of hydrogen-bond acceptors (Lipinski definition) is 3. The molecule has 6 nitrogen and oxygen atoms in total. The summed E-state index contributed by atoms with van der Waals surface area (Å²) in [4.78, 5) is 28.8. The zero-order valence-corrected chi connectivity index (χ0v) is 14.9. The molecule has 2 heterocycles. The van der Waals surface area contributed by atoms with Crippen LogP contribution in [0.2, 0.25) is 0 Å². The lowest BCUT2D eigenvalue weighted by Gasteiger charge is -2.28. The number of para-hydroxylation sites is 1. The molecule has 0 radical (unpaired) electrons. The van der Waals surface area contributed by atoms with Crippen molar-refractivity contribution in [3.63, 3.8) is 0 Å². The van der Waals surface area contributed by atoms with Crippen molar-refractivity contribution in [3.05, 3.63) is 29.8 Å². The largest absolute Gasteiger partial charge is 0.376 e. The van der Waals surface area contributed by atoms with Crippen molar-refractivity contribution in [2.45, 2.75) is 38.2 Å². The van der Waals surface area contributed by atoms with E-state index in [1.807, 2.05) is 17.0 Å². The van der Waals surface area contributed by atoms with Gasteiger partial charge in [-0.3, -0.25) is 4.79 Å². The third-order valence-corrected chi connectivity index (χ3v) is 4.89. The molecule has 0 spiro atoms. The van der Waals surface area contributed by atoms with Gasteiger partial charge < -0.3 is 19.9 Å². The topological polar surface area (TPSA) is 61.9 Å². The average Bonchev–Trinajstić information content (AvgIpc) is 3.15. The first-order valence-corrected chi connectivity index (χ1v) is 9.17. The molecular formula is C19H27N3O3. The van der Waals surface area contributed by atoms with Crippen LogP contribution in [0.3, 0.4) is 0 Å². The van der Waals surface area contributed by atoms with E-state index in [2.05, 4.69) is 5.32 Å². The van der Waals surface area contributed by atoms with Gasteiger partial charge >= 0.3 is 6.03 Å². The minimum Gasteiger partial charge on any atom is -0.376 e. The van der Waals surface area contributed by atoms with E-state index in [1.54, 1.807) is 24.1 Å². The van der Waals surface area contributed by atoms with Crippen LogP contribution in [-0.4, -0.2) is 61.1 Å². The first-order valence-electron chi connectivity index (χ1n) is 9.17. The van der Waals surface area contributed by atoms with Crippen molar-refractivity contribution in [2.24, 2.45) is 0 Å². The Balaban J connectivity index is 1.65. The number of likely N-dealkylation sites (tertiary alicyclic amines) is 1. The second-order valence-electron chi connectivity index (χ2n) is 6.84. The summed E-state index contributed by atoms with van der Waals surface area (Å²) in [6, 6.07) is 7.03. The fourth-order valence-corrected chi connectivity index (χ4v) is 3.43. The Labute approximate surface area is 149 Å². The van der Waals surface area contributed by atoms with Gasteiger partial charge in [0.05, 0.1) is 17.4 Å². The lowest BCUT2D eigenvalue weighted by molar-refractivity contribution is 0.0725. The number of anilines is 1. The van der Waals surface area contributed by atoms with Crippen LogP contribution in [-0.2, 0) is 4.74 Å². The van der Waals surface area contributed by atoms with E-state index < -0.39 is 0 Å². The van der Waals surface area contributed by atoms with Crippen LogP contribution < -0.4 is 5.32 Å². The van der Waals surface area contributed by atoms with Gasteiger partial charge in [0.2, 0.25) is 0 Å². The molecule has 1 atom stereocenters. The van der Waals surface area contributed by atoms with Crippen molar-refractivity contribution < 1.29 is 14.3 Å². The maximum Gasteiger partial charge on any atom is 0.321 e. The number of amides is 3. The van der Waals surface area contributed by atoms with Crippen molar-refractivity contribution in [2.75, 3.05) is 38.6 Å². The number of piperidine rings is 1. The zero-order chi connectivity index (χ0) is 17.6. The monoisotopic (exact) mass is 345 g/mol. The summed E-state index contributed by atoms with van der Waals surface area (Å²) in [6.07, 6.45) is 5.42. The van der Waals surface area contributed by atoms with Crippen molar-refractivity contribution in [3.8, 4) is 0 Å². The summed E-state index contributed by atoms with van der Waals surface area (Å²) in [7, 11) is 1.76. The molecule has 2 aliphatic rings. The molecule has 0 saturated carbocycles. The fourth-order valence-electron chi connectivity index (χ4n) is 3.43. The molecule has 3 rings (SSSR count). The highest BCUT2D eigenvalue weighted by Gasteiger charge is 2.23. The van der Waals surface area contributed by atoms with Gasteiger partial charge in [-0.1, -0.05) is 12.1 Å². The van der Waals surface area contributed by atoms with Gasteiger partial charge in [0.25, 0.3) is 5.91 Å². The van der Waals surface area contributed by atoms with Gasteiger partial charge in [-0.2, -0.15) is 0 Å². The van der Waals surface area contributed by atoms with E-state index in [0.717, 1.165) is 45.4 Å². The van der Waals surface area contributed by atoms with Crippen LogP contribution >= 0.6 is 0 Å². The molecule has 136 valence electrons. The predicted octanol–water partition coefficient (Wildman–Crippen LogP) is 2.96. The van der Waals surface area contributed by atoms with Gasteiger partial charge in [-0.05, 0) is 44.2 Å². The Morgan fingerprint density at radius 2 is 1.96 bits per heavy atom. The van der Waals surface area contributed by atoms with Crippen LogP contribution in [0.15, 0.2) is 24.3 Å². The molecule has 2 saturated heterocycles. The highest BCUT2D eigenvalue weighted by atomic mass is 16.5. The molecule has 3 amide bonds. The van der Waals surface area contributed by atoms with Crippen molar-refractivity contribution in [1.82, 2.24) is 9.80 Å². The zero-order valence-electron chi connectivity index (χ0n) is 14.9. The summed E-state index contributed by atoms with van der Waals surface area (Å²) < 4.78 is 5.58. The van der Waals surface area contributed by atoms with E-state index >= 15 is 0 Å². The molecule has 25 heavy (non-hydrogen) atoms.